The minimum Gasteiger partial charge on any atom is -0.305 e. The van der Waals surface area contributed by atoms with Crippen molar-refractivity contribution in [3.05, 3.63) is 0 Å². The second kappa shape index (κ2) is 4.19. The van der Waals surface area contributed by atoms with Crippen molar-refractivity contribution in [2.75, 3.05) is 46.3 Å². The smallest absolute Gasteiger partial charge is 0.0212 e. The van der Waals surface area contributed by atoms with Gasteiger partial charge >= 0.3 is 0 Å². The Labute approximate surface area is 112 Å². The SMILES string of the molecule is CN1CC2(C1)CN(C1CCN(C(C)(C)C)CC1)C2. The highest BCUT2D eigenvalue weighted by Crippen LogP contribution is 2.41. The van der Waals surface area contributed by atoms with Crippen LogP contribution in [0, 0.1) is 5.41 Å². The summed E-state index contributed by atoms with van der Waals surface area (Å²) in [5.41, 5.74) is 1.06. The van der Waals surface area contributed by atoms with E-state index >= 15 is 0 Å². The molecule has 0 aromatic rings. The van der Waals surface area contributed by atoms with E-state index in [9.17, 15) is 0 Å². The van der Waals surface area contributed by atoms with Crippen molar-refractivity contribution in [2.45, 2.75) is 45.2 Å². The lowest BCUT2D eigenvalue weighted by atomic mass is 9.72. The normalized spacial score (nSPS) is 31.3. The predicted octanol–water partition coefficient (Wildman–Crippen LogP) is 1.50. The van der Waals surface area contributed by atoms with Gasteiger partial charge in [0.2, 0.25) is 0 Å². The monoisotopic (exact) mass is 251 g/mol. The highest BCUT2D eigenvalue weighted by Gasteiger charge is 2.52. The Bertz CT molecular complexity index is 298. The molecule has 1 spiro atoms. The standard InChI is InChI=1S/C15H29N3/c1-14(2,3)18-7-5-13(6-8-18)17-11-15(12-17)9-16(4)10-15/h13H,5-12H2,1-4H3. The van der Waals surface area contributed by atoms with Crippen LogP contribution in [0.5, 0.6) is 0 Å². The second-order valence-electron chi connectivity index (χ2n) is 7.97. The number of hydrogen-bond donors (Lipinski definition) is 0. The summed E-state index contributed by atoms with van der Waals surface area (Å²) in [4.78, 5) is 7.86. The summed E-state index contributed by atoms with van der Waals surface area (Å²) in [6.07, 6.45) is 2.76. The maximum Gasteiger partial charge on any atom is 0.0212 e. The molecule has 0 aromatic carbocycles. The Morgan fingerprint density at radius 1 is 0.944 bits per heavy atom. The van der Waals surface area contributed by atoms with Gasteiger partial charge in [0.25, 0.3) is 0 Å². The first-order chi connectivity index (χ1) is 8.38. The molecule has 3 fully saturated rings. The van der Waals surface area contributed by atoms with Crippen LogP contribution >= 0.6 is 0 Å². The van der Waals surface area contributed by atoms with Crippen molar-refractivity contribution in [1.82, 2.24) is 14.7 Å². The van der Waals surface area contributed by atoms with Crippen molar-refractivity contribution in [1.29, 1.82) is 0 Å². The van der Waals surface area contributed by atoms with Crippen LogP contribution in [0.15, 0.2) is 0 Å². The van der Waals surface area contributed by atoms with Crippen LogP contribution < -0.4 is 0 Å². The molecule has 18 heavy (non-hydrogen) atoms. The number of nitrogens with zero attached hydrogens (tertiary/aromatic N) is 3. The number of rotatable bonds is 1. The molecular weight excluding hydrogens is 222 g/mol. The molecule has 0 aliphatic carbocycles. The zero-order chi connectivity index (χ0) is 13.0. The van der Waals surface area contributed by atoms with Gasteiger partial charge < -0.3 is 4.90 Å². The first kappa shape index (κ1) is 12.9. The van der Waals surface area contributed by atoms with Crippen molar-refractivity contribution >= 4 is 0 Å². The van der Waals surface area contributed by atoms with Crippen molar-refractivity contribution in [2.24, 2.45) is 5.41 Å². The molecule has 3 aliphatic rings. The van der Waals surface area contributed by atoms with Gasteiger partial charge in [-0.2, -0.15) is 0 Å². The molecule has 0 unspecified atom stereocenters. The highest BCUT2D eigenvalue weighted by molar-refractivity contribution is 5.06. The van der Waals surface area contributed by atoms with E-state index in [-0.39, 0.29) is 0 Å². The minimum atomic E-state index is 0.359. The van der Waals surface area contributed by atoms with Crippen LogP contribution in [0.2, 0.25) is 0 Å². The fourth-order valence-corrected chi connectivity index (χ4v) is 4.27. The molecular formula is C15H29N3. The minimum absolute atomic E-state index is 0.359. The first-order valence-electron chi connectivity index (χ1n) is 7.56. The van der Waals surface area contributed by atoms with E-state index < -0.39 is 0 Å². The van der Waals surface area contributed by atoms with Gasteiger partial charge in [-0.15, -0.1) is 0 Å². The topological polar surface area (TPSA) is 9.72 Å². The Morgan fingerprint density at radius 3 is 1.94 bits per heavy atom. The second-order valence-corrected chi connectivity index (χ2v) is 7.97. The van der Waals surface area contributed by atoms with Gasteiger partial charge in [-0.25, -0.2) is 0 Å². The summed E-state index contributed by atoms with van der Waals surface area (Å²) >= 11 is 0. The van der Waals surface area contributed by atoms with Crippen LogP contribution in [0.1, 0.15) is 33.6 Å². The summed E-state index contributed by atoms with van der Waals surface area (Å²) in [5.74, 6) is 0. The summed E-state index contributed by atoms with van der Waals surface area (Å²) < 4.78 is 0. The third kappa shape index (κ3) is 2.21. The molecule has 3 rings (SSSR count). The quantitative estimate of drug-likeness (QED) is 0.699. The molecule has 0 radical (unpaired) electrons. The van der Waals surface area contributed by atoms with Crippen molar-refractivity contribution in [3.8, 4) is 0 Å². The van der Waals surface area contributed by atoms with E-state index in [1.807, 2.05) is 0 Å². The van der Waals surface area contributed by atoms with Crippen LogP contribution in [0.3, 0.4) is 0 Å². The van der Waals surface area contributed by atoms with Crippen LogP contribution in [0.25, 0.3) is 0 Å². The summed E-state index contributed by atoms with van der Waals surface area (Å²) in [6, 6.07) is 0.875. The number of piperidine rings is 1. The molecule has 3 aliphatic heterocycles. The molecule has 0 atom stereocenters. The molecule has 3 saturated heterocycles. The van der Waals surface area contributed by atoms with Gasteiger partial charge in [0, 0.05) is 56.3 Å². The molecule has 0 aromatic heterocycles. The van der Waals surface area contributed by atoms with E-state index in [4.69, 9.17) is 0 Å². The molecule has 0 N–H and O–H groups in total. The summed E-state index contributed by atoms with van der Waals surface area (Å²) in [7, 11) is 2.25. The van der Waals surface area contributed by atoms with E-state index in [0.29, 0.717) is 11.0 Å². The van der Waals surface area contributed by atoms with Crippen LogP contribution in [-0.2, 0) is 0 Å². The molecule has 3 nitrogen and oxygen atoms in total. The van der Waals surface area contributed by atoms with Gasteiger partial charge in [-0.05, 0) is 40.7 Å². The first-order valence-corrected chi connectivity index (χ1v) is 7.56. The molecule has 0 amide bonds. The lowest BCUT2D eigenvalue weighted by molar-refractivity contribution is -0.129. The number of likely N-dealkylation sites (tertiary alicyclic amines) is 3. The maximum absolute atomic E-state index is 2.76. The Balaban J connectivity index is 1.45. The largest absolute Gasteiger partial charge is 0.305 e. The van der Waals surface area contributed by atoms with E-state index in [1.54, 1.807) is 0 Å². The predicted molar refractivity (Wildman–Crippen MR) is 75.9 cm³/mol. The molecule has 0 bridgehead atoms. The van der Waals surface area contributed by atoms with Gasteiger partial charge in [0.05, 0.1) is 0 Å². The third-order valence-corrected chi connectivity index (χ3v) is 5.22. The zero-order valence-corrected chi connectivity index (χ0v) is 12.6. The van der Waals surface area contributed by atoms with Crippen molar-refractivity contribution in [3.63, 3.8) is 0 Å². The van der Waals surface area contributed by atoms with Crippen LogP contribution in [-0.4, -0.2) is 72.6 Å². The fraction of sp³-hybridized carbons (Fsp3) is 1.00. The Kier molecular flexibility index (Phi) is 3.00. The average Bonchev–Trinajstić information content (AvgIpc) is 2.20. The lowest BCUT2D eigenvalue weighted by Crippen LogP contribution is -2.73. The molecule has 0 saturated carbocycles. The molecule has 104 valence electrons. The summed E-state index contributed by atoms with van der Waals surface area (Å²) in [5, 5.41) is 0. The Morgan fingerprint density at radius 2 is 1.50 bits per heavy atom. The average molecular weight is 251 g/mol. The summed E-state index contributed by atoms with van der Waals surface area (Å²) in [6.45, 7) is 15.0. The zero-order valence-electron chi connectivity index (χ0n) is 12.6. The Hall–Kier alpha value is -0.120. The van der Waals surface area contributed by atoms with E-state index in [1.165, 1.54) is 52.1 Å². The van der Waals surface area contributed by atoms with Crippen LogP contribution in [0.4, 0.5) is 0 Å². The highest BCUT2D eigenvalue weighted by atomic mass is 15.3. The maximum atomic E-state index is 2.76. The van der Waals surface area contributed by atoms with Crippen molar-refractivity contribution < 1.29 is 0 Å². The number of hydrogen-bond acceptors (Lipinski definition) is 3. The van der Waals surface area contributed by atoms with E-state index in [2.05, 4.69) is 42.5 Å². The van der Waals surface area contributed by atoms with Gasteiger partial charge in [0.15, 0.2) is 0 Å². The van der Waals surface area contributed by atoms with E-state index in [0.717, 1.165) is 6.04 Å². The van der Waals surface area contributed by atoms with Gasteiger partial charge in [-0.1, -0.05) is 0 Å². The van der Waals surface area contributed by atoms with Gasteiger partial charge in [-0.3, -0.25) is 9.80 Å². The molecule has 3 heterocycles. The van der Waals surface area contributed by atoms with Gasteiger partial charge in [0.1, 0.15) is 0 Å². The third-order valence-electron chi connectivity index (χ3n) is 5.22. The lowest BCUT2D eigenvalue weighted by Gasteiger charge is -2.62. The molecule has 3 heteroatoms. The fourth-order valence-electron chi connectivity index (χ4n) is 4.27.